The molecule has 0 atom stereocenters. The van der Waals surface area contributed by atoms with Crippen molar-refractivity contribution in [3.63, 3.8) is 0 Å². The summed E-state index contributed by atoms with van der Waals surface area (Å²) in [5.74, 6) is -1.51. The van der Waals surface area contributed by atoms with Crippen LogP contribution in [0.2, 0.25) is 10.0 Å². The van der Waals surface area contributed by atoms with Gasteiger partial charge < -0.3 is 15.1 Å². The van der Waals surface area contributed by atoms with Crippen LogP contribution in [-0.4, -0.2) is 24.9 Å². The van der Waals surface area contributed by atoms with Gasteiger partial charge in [0.2, 0.25) is 0 Å². The van der Waals surface area contributed by atoms with E-state index in [1.165, 1.54) is 12.3 Å². The predicted octanol–water partition coefficient (Wildman–Crippen LogP) is 2.89. The summed E-state index contributed by atoms with van der Waals surface area (Å²) in [4.78, 5) is 23.4. The van der Waals surface area contributed by atoms with E-state index in [4.69, 9.17) is 27.6 Å². The lowest BCUT2D eigenvalue weighted by molar-refractivity contribution is 0.0910. The molecule has 0 saturated carbocycles. The number of rotatable bonds is 5. The number of hydrogen-bond donors (Lipinski definition) is 2. The summed E-state index contributed by atoms with van der Waals surface area (Å²) < 4.78 is 18.2. The minimum Gasteiger partial charge on any atom is -0.459 e. The summed E-state index contributed by atoms with van der Waals surface area (Å²) in [6.45, 7) is 0.324. The minimum absolute atomic E-state index is 0.0269. The van der Waals surface area contributed by atoms with Gasteiger partial charge in [0.25, 0.3) is 11.8 Å². The summed E-state index contributed by atoms with van der Waals surface area (Å²) in [6, 6.07) is 5.23. The molecule has 1 heterocycles. The van der Waals surface area contributed by atoms with Crippen LogP contribution < -0.4 is 10.6 Å². The van der Waals surface area contributed by atoms with Gasteiger partial charge in [0.1, 0.15) is 5.82 Å². The van der Waals surface area contributed by atoms with Crippen molar-refractivity contribution in [3.8, 4) is 0 Å². The normalized spacial score (nSPS) is 10.3. The van der Waals surface area contributed by atoms with Gasteiger partial charge in [-0.2, -0.15) is 0 Å². The summed E-state index contributed by atoms with van der Waals surface area (Å²) in [5, 5.41) is 4.95. The molecule has 8 heteroatoms. The Hall–Kier alpha value is -2.05. The number of amides is 2. The number of nitrogens with one attached hydrogen (secondary N) is 2. The fourth-order valence-electron chi connectivity index (χ4n) is 1.64. The lowest BCUT2D eigenvalue weighted by atomic mass is 10.2. The Morgan fingerprint density at radius 3 is 2.41 bits per heavy atom. The van der Waals surface area contributed by atoms with Crippen LogP contribution in [0, 0.1) is 5.82 Å². The van der Waals surface area contributed by atoms with Gasteiger partial charge in [0.15, 0.2) is 5.76 Å². The molecule has 1 aromatic carbocycles. The highest BCUT2D eigenvalue weighted by atomic mass is 35.5. The number of carbonyl (C=O) groups is 2. The summed E-state index contributed by atoms with van der Waals surface area (Å²) in [7, 11) is 0. The van der Waals surface area contributed by atoms with E-state index in [9.17, 15) is 14.0 Å². The molecule has 2 N–H and O–H groups in total. The van der Waals surface area contributed by atoms with Crippen LogP contribution in [0.15, 0.2) is 34.9 Å². The molecule has 5 nitrogen and oxygen atoms in total. The van der Waals surface area contributed by atoms with Crippen LogP contribution in [0.3, 0.4) is 0 Å². The van der Waals surface area contributed by atoms with Crippen molar-refractivity contribution >= 4 is 35.0 Å². The number of carbonyl (C=O) groups excluding carboxylic acids is 2. The number of benzene rings is 1. The maximum Gasteiger partial charge on any atom is 0.287 e. The van der Waals surface area contributed by atoms with Crippen LogP contribution in [0.25, 0.3) is 0 Å². The van der Waals surface area contributed by atoms with E-state index < -0.39 is 17.6 Å². The molecule has 2 amide bonds. The Labute approximate surface area is 135 Å². The summed E-state index contributed by atoms with van der Waals surface area (Å²) in [5.41, 5.74) is -0.0269. The third-order valence-electron chi connectivity index (χ3n) is 2.70. The molecule has 2 aromatic rings. The molecular weight excluding hydrogens is 334 g/mol. The van der Waals surface area contributed by atoms with Gasteiger partial charge in [-0.25, -0.2) is 4.39 Å². The number of furan rings is 1. The van der Waals surface area contributed by atoms with Gasteiger partial charge in [-0.3, -0.25) is 9.59 Å². The van der Waals surface area contributed by atoms with Crippen LogP contribution in [0.4, 0.5) is 4.39 Å². The average molecular weight is 345 g/mol. The Morgan fingerprint density at radius 2 is 1.77 bits per heavy atom. The van der Waals surface area contributed by atoms with E-state index >= 15 is 0 Å². The topological polar surface area (TPSA) is 71.3 Å². The van der Waals surface area contributed by atoms with Crippen molar-refractivity contribution in [1.82, 2.24) is 10.6 Å². The fourth-order valence-corrected chi connectivity index (χ4v) is 2.11. The molecule has 0 aliphatic carbocycles. The van der Waals surface area contributed by atoms with Crippen LogP contribution in [0.1, 0.15) is 20.9 Å². The van der Waals surface area contributed by atoms with Crippen molar-refractivity contribution in [2.75, 3.05) is 13.1 Å². The molecule has 1 aromatic heterocycles. The predicted molar refractivity (Wildman–Crippen MR) is 79.8 cm³/mol. The van der Waals surface area contributed by atoms with Gasteiger partial charge in [-0.15, -0.1) is 0 Å². The Bertz CT molecular complexity index is 690. The zero-order chi connectivity index (χ0) is 16.1. The highest BCUT2D eigenvalue weighted by Gasteiger charge is 2.14. The van der Waals surface area contributed by atoms with E-state index in [1.54, 1.807) is 6.07 Å². The molecule has 0 radical (unpaired) electrons. The molecule has 0 aliphatic rings. The number of hydrogen-bond acceptors (Lipinski definition) is 3. The first-order chi connectivity index (χ1) is 10.5. The van der Waals surface area contributed by atoms with Crippen LogP contribution in [0.5, 0.6) is 0 Å². The van der Waals surface area contributed by atoms with Gasteiger partial charge in [0, 0.05) is 13.1 Å². The zero-order valence-electron chi connectivity index (χ0n) is 11.2. The molecule has 0 fully saturated rings. The highest BCUT2D eigenvalue weighted by molar-refractivity contribution is 6.36. The second kappa shape index (κ2) is 7.29. The Morgan fingerprint density at radius 1 is 1.09 bits per heavy atom. The summed E-state index contributed by atoms with van der Waals surface area (Å²) in [6.07, 6.45) is 1.38. The maximum absolute atomic E-state index is 13.3. The molecular formula is C14H11Cl2FN2O3. The number of halogens is 3. The molecule has 0 bridgehead atoms. The minimum atomic E-state index is -0.734. The van der Waals surface area contributed by atoms with Gasteiger partial charge in [-0.05, 0) is 24.3 Å². The third-order valence-corrected chi connectivity index (χ3v) is 3.30. The second-order valence-corrected chi connectivity index (χ2v) is 5.05. The smallest absolute Gasteiger partial charge is 0.287 e. The van der Waals surface area contributed by atoms with Gasteiger partial charge in [-0.1, -0.05) is 23.2 Å². The van der Waals surface area contributed by atoms with E-state index in [0.29, 0.717) is 0 Å². The van der Waals surface area contributed by atoms with Crippen molar-refractivity contribution in [2.24, 2.45) is 0 Å². The summed E-state index contributed by atoms with van der Waals surface area (Å²) >= 11 is 11.4. The monoisotopic (exact) mass is 344 g/mol. The first kappa shape index (κ1) is 16.3. The van der Waals surface area contributed by atoms with Crippen molar-refractivity contribution in [3.05, 3.63) is 57.7 Å². The molecule has 2 rings (SSSR count). The first-order valence-corrected chi connectivity index (χ1v) is 6.99. The van der Waals surface area contributed by atoms with Crippen molar-refractivity contribution < 1.29 is 18.4 Å². The second-order valence-electron chi connectivity index (χ2n) is 4.24. The molecule has 22 heavy (non-hydrogen) atoms. The van der Waals surface area contributed by atoms with Crippen LogP contribution >= 0.6 is 23.2 Å². The Kier molecular flexibility index (Phi) is 5.41. The van der Waals surface area contributed by atoms with E-state index in [1.807, 2.05) is 0 Å². The van der Waals surface area contributed by atoms with E-state index in [0.717, 1.165) is 12.1 Å². The lowest BCUT2D eigenvalue weighted by Crippen LogP contribution is -2.34. The average Bonchev–Trinajstić information content (AvgIpc) is 3.01. The third kappa shape index (κ3) is 3.99. The van der Waals surface area contributed by atoms with Gasteiger partial charge >= 0.3 is 0 Å². The van der Waals surface area contributed by atoms with E-state index in [2.05, 4.69) is 10.6 Å². The van der Waals surface area contributed by atoms with E-state index in [-0.39, 0.29) is 34.5 Å². The standard InChI is InChI=1S/C14H11Cl2FN2O3/c15-9-7-10(16)11(17)6-8(9)13(20)18-3-4-19-14(21)12-2-1-5-22-12/h1-2,5-7H,3-4H2,(H,18,20)(H,19,21). The molecule has 116 valence electrons. The Balaban J connectivity index is 1.83. The maximum atomic E-state index is 13.3. The molecule has 0 unspecified atom stereocenters. The molecule has 0 saturated heterocycles. The van der Waals surface area contributed by atoms with Crippen LogP contribution in [-0.2, 0) is 0 Å². The molecule has 0 spiro atoms. The largest absolute Gasteiger partial charge is 0.459 e. The molecule has 0 aliphatic heterocycles. The SMILES string of the molecule is O=C(NCCNC(=O)c1cc(F)c(Cl)cc1Cl)c1ccco1. The van der Waals surface area contributed by atoms with Gasteiger partial charge in [0.05, 0.1) is 21.9 Å². The van der Waals surface area contributed by atoms with Crippen molar-refractivity contribution in [2.45, 2.75) is 0 Å². The quantitative estimate of drug-likeness (QED) is 0.647. The first-order valence-electron chi connectivity index (χ1n) is 6.23. The fraction of sp³-hybridized carbons (Fsp3) is 0.143. The lowest BCUT2D eigenvalue weighted by Gasteiger charge is -2.08. The zero-order valence-corrected chi connectivity index (χ0v) is 12.7. The highest BCUT2D eigenvalue weighted by Crippen LogP contribution is 2.24. The van der Waals surface area contributed by atoms with Crippen molar-refractivity contribution in [1.29, 1.82) is 0 Å².